The van der Waals surface area contributed by atoms with E-state index in [-0.39, 0.29) is 17.9 Å². The third kappa shape index (κ3) is 5.46. The number of esters is 1. The van der Waals surface area contributed by atoms with E-state index in [0.717, 1.165) is 17.7 Å². The number of hydrogen-bond acceptors (Lipinski definition) is 6. The molecule has 1 amide bonds. The number of rotatable bonds is 8. The molecule has 2 aromatic heterocycles. The highest BCUT2D eigenvalue weighted by Crippen LogP contribution is 2.35. The number of nitrogens with zero attached hydrogens (tertiary/aromatic N) is 2. The Morgan fingerprint density at radius 2 is 1.94 bits per heavy atom. The Labute approximate surface area is 205 Å². The van der Waals surface area contributed by atoms with E-state index < -0.39 is 11.9 Å². The first-order valence-corrected chi connectivity index (χ1v) is 12.0. The summed E-state index contributed by atoms with van der Waals surface area (Å²) >= 11 is 1.37. The molecule has 9 heteroatoms. The summed E-state index contributed by atoms with van der Waals surface area (Å²) in [6.07, 6.45) is 3.04. The van der Waals surface area contributed by atoms with Crippen LogP contribution in [0.15, 0.2) is 59.7 Å². The lowest BCUT2D eigenvalue weighted by molar-refractivity contribution is -0.116. The second-order valence-corrected chi connectivity index (χ2v) is 9.22. The van der Waals surface area contributed by atoms with Gasteiger partial charge in [0.15, 0.2) is 0 Å². The summed E-state index contributed by atoms with van der Waals surface area (Å²) in [5.74, 6) is -1.27. The first kappa shape index (κ1) is 24.3. The molecule has 0 radical (unpaired) electrons. The van der Waals surface area contributed by atoms with E-state index in [4.69, 9.17) is 4.74 Å². The number of nitrogens with one attached hydrogen (secondary N) is 1. The highest BCUT2D eigenvalue weighted by molar-refractivity contribution is 7.19. The number of carbonyl (C=O) groups is 2. The Bertz CT molecular complexity index is 1440. The van der Waals surface area contributed by atoms with Gasteiger partial charge in [0, 0.05) is 16.1 Å². The van der Waals surface area contributed by atoms with Crippen molar-refractivity contribution in [3.05, 3.63) is 81.5 Å². The van der Waals surface area contributed by atoms with Gasteiger partial charge >= 0.3 is 5.97 Å². The topological polar surface area (TPSA) is 90.3 Å². The molecule has 0 aliphatic carbocycles. The van der Waals surface area contributed by atoms with Gasteiger partial charge in [0.2, 0.25) is 5.91 Å². The fraction of sp³-hybridized carbons (Fsp3) is 0.231. The number of ether oxygens (including phenoxy) is 1. The van der Waals surface area contributed by atoms with Crippen LogP contribution in [-0.2, 0) is 16.1 Å². The first-order chi connectivity index (χ1) is 16.9. The molecular weight excluding hydrogens is 469 g/mol. The minimum atomic E-state index is -0.457. The van der Waals surface area contributed by atoms with Gasteiger partial charge in [-0.3, -0.25) is 14.2 Å². The Morgan fingerprint density at radius 3 is 2.69 bits per heavy atom. The number of amides is 1. The van der Waals surface area contributed by atoms with Crippen molar-refractivity contribution in [1.82, 2.24) is 9.55 Å². The summed E-state index contributed by atoms with van der Waals surface area (Å²) in [5, 5.41) is 3.11. The molecule has 4 aromatic rings. The Kier molecular flexibility index (Phi) is 7.36. The molecule has 0 aliphatic rings. The lowest BCUT2D eigenvalue weighted by atomic mass is 10.0. The number of hydrogen-bond donors (Lipinski definition) is 1. The predicted molar refractivity (Wildman–Crippen MR) is 134 cm³/mol. The molecule has 4 rings (SSSR count). The van der Waals surface area contributed by atoms with Gasteiger partial charge in [0.05, 0.1) is 23.9 Å². The number of halogens is 1. The zero-order chi connectivity index (χ0) is 24.9. The quantitative estimate of drug-likeness (QED) is 0.270. The van der Waals surface area contributed by atoms with Crippen LogP contribution in [0.1, 0.15) is 35.0 Å². The average Bonchev–Trinajstić information content (AvgIpc) is 3.18. The van der Waals surface area contributed by atoms with Crippen LogP contribution in [0.5, 0.6) is 0 Å². The summed E-state index contributed by atoms with van der Waals surface area (Å²) < 4.78 is 19.8. The van der Waals surface area contributed by atoms with Gasteiger partial charge in [0.1, 0.15) is 17.2 Å². The molecule has 0 fully saturated rings. The largest absolute Gasteiger partial charge is 0.462 e. The maximum atomic E-state index is 13.4. The minimum absolute atomic E-state index is 0.259. The first-order valence-electron chi connectivity index (χ1n) is 11.2. The number of unbranched alkanes of at least 4 members (excludes halogenated alkanes) is 1. The van der Waals surface area contributed by atoms with Crippen LogP contribution in [-0.4, -0.2) is 28.0 Å². The zero-order valence-corrected chi connectivity index (χ0v) is 20.2. The molecule has 0 saturated carbocycles. The molecule has 0 atom stereocenters. The number of thiophene rings is 1. The average molecular weight is 494 g/mol. The van der Waals surface area contributed by atoms with Crippen molar-refractivity contribution in [2.24, 2.45) is 0 Å². The van der Waals surface area contributed by atoms with Gasteiger partial charge in [-0.2, -0.15) is 0 Å². The Morgan fingerprint density at radius 1 is 1.17 bits per heavy atom. The van der Waals surface area contributed by atoms with Crippen LogP contribution in [0.3, 0.4) is 0 Å². The Balaban J connectivity index is 1.55. The highest BCUT2D eigenvalue weighted by atomic mass is 32.1. The van der Waals surface area contributed by atoms with Crippen molar-refractivity contribution in [3.8, 4) is 11.1 Å². The van der Waals surface area contributed by atoms with E-state index in [2.05, 4.69) is 10.3 Å². The van der Waals surface area contributed by atoms with Crippen molar-refractivity contribution in [1.29, 1.82) is 0 Å². The second-order valence-electron chi connectivity index (χ2n) is 8.02. The van der Waals surface area contributed by atoms with Crippen LogP contribution in [0.25, 0.3) is 21.3 Å². The number of aryl methyl sites for hydroxylation is 1. The summed E-state index contributed by atoms with van der Waals surface area (Å²) in [7, 11) is 0. The molecule has 2 aromatic carbocycles. The number of fused-ring (bicyclic) bond motifs is 1. The van der Waals surface area contributed by atoms with Gasteiger partial charge < -0.3 is 10.1 Å². The van der Waals surface area contributed by atoms with Gasteiger partial charge in [-0.25, -0.2) is 14.2 Å². The molecular formula is C26H24FN3O4S. The predicted octanol–water partition coefficient (Wildman–Crippen LogP) is 5.17. The van der Waals surface area contributed by atoms with E-state index >= 15 is 0 Å². The van der Waals surface area contributed by atoms with E-state index in [1.807, 2.05) is 13.8 Å². The van der Waals surface area contributed by atoms with Crippen molar-refractivity contribution in [2.75, 3.05) is 11.9 Å². The van der Waals surface area contributed by atoms with Gasteiger partial charge in [-0.05, 0) is 49.2 Å². The molecule has 0 unspecified atom stereocenters. The normalized spacial score (nSPS) is 10.9. The number of carbonyl (C=O) groups excluding carboxylic acids is 2. The van der Waals surface area contributed by atoms with E-state index in [0.29, 0.717) is 39.2 Å². The SMILES string of the molecule is CCCCOC(=O)c1cccc(NC(=O)Cn2cnc3sc(C)c(-c4ccc(F)cc4)c3c2=O)c1. The molecule has 180 valence electrons. The molecule has 2 heterocycles. The summed E-state index contributed by atoms with van der Waals surface area (Å²) in [6, 6.07) is 12.4. The van der Waals surface area contributed by atoms with Crippen LogP contribution >= 0.6 is 11.3 Å². The minimum Gasteiger partial charge on any atom is -0.462 e. The third-order valence-corrected chi connectivity index (χ3v) is 6.43. The zero-order valence-electron chi connectivity index (χ0n) is 19.3. The molecule has 7 nitrogen and oxygen atoms in total. The smallest absolute Gasteiger partial charge is 0.338 e. The monoisotopic (exact) mass is 493 g/mol. The van der Waals surface area contributed by atoms with E-state index in [9.17, 15) is 18.8 Å². The molecule has 0 saturated heterocycles. The lowest BCUT2D eigenvalue weighted by Gasteiger charge is -2.09. The van der Waals surface area contributed by atoms with Crippen LogP contribution in [0.4, 0.5) is 10.1 Å². The van der Waals surface area contributed by atoms with E-state index in [1.54, 1.807) is 30.3 Å². The second kappa shape index (κ2) is 10.6. The summed E-state index contributed by atoms with van der Waals surface area (Å²) in [4.78, 5) is 44.0. The standard InChI is InChI=1S/C26H24FN3O4S/c1-3-4-12-34-26(33)18-6-5-7-20(13-18)29-21(31)14-30-15-28-24-23(25(30)32)22(16(2)35-24)17-8-10-19(27)11-9-17/h5-11,13,15H,3-4,12,14H2,1-2H3,(H,29,31). The highest BCUT2D eigenvalue weighted by Gasteiger charge is 2.18. The van der Waals surface area contributed by atoms with Crippen molar-refractivity contribution < 1.29 is 18.7 Å². The fourth-order valence-electron chi connectivity index (χ4n) is 3.69. The molecule has 0 aliphatic heterocycles. The molecule has 0 spiro atoms. The van der Waals surface area contributed by atoms with Gasteiger partial charge in [-0.1, -0.05) is 31.5 Å². The van der Waals surface area contributed by atoms with E-state index in [1.165, 1.54) is 40.4 Å². The Hall–Kier alpha value is -3.85. The van der Waals surface area contributed by atoms with Crippen LogP contribution in [0.2, 0.25) is 0 Å². The van der Waals surface area contributed by atoms with Gasteiger partial charge in [-0.15, -0.1) is 11.3 Å². The number of benzene rings is 2. The molecule has 1 N–H and O–H groups in total. The fourth-order valence-corrected chi connectivity index (χ4v) is 4.69. The third-order valence-electron chi connectivity index (χ3n) is 5.41. The van der Waals surface area contributed by atoms with Crippen LogP contribution in [0, 0.1) is 12.7 Å². The van der Waals surface area contributed by atoms with Crippen molar-refractivity contribution >= 4 is 39.1 Å². The van der Waals surface area contributed by atoms with Crippen molar-refractivity contribution in [2.45, 2.75) is 33.2 Å². The maximum Gasteiger partial charge on any atom is 0.338 e. The van der Waals surface area contributed by atoms with Gasteiger partial charge in [0.25, 0.3) is 5.56 Å². The molecule has 0 bridgehead atoms. The number of anilines is 1. The van der Waals surface area contributed by atoms with Crippen LogP contribution < -0.4 is 10.9 Å². The number of aromatic nitrogens is 2. The van der Waals surface area contributed by atoms with Crippen molar-refractivity contribution in [3.63, 3.8) is 0 Å². The molecule has 35 heavy (non-hydrogen) atoms. The lowest BCUT2D eigenvalue weighted by Crippen LogP contribution is -2.27. The summed E-state index contributed by atoms with van der Waals surface area (Å²) in [5.41, 5.74) is 1.78. The summed E-state index contributed by atoms with van der Waals surface area (Å²) in [6.45, 7) is 3.96. The maximum absolute atomic E-state index is 13.4.